The maximum atomic E-state index is 12.5. The normalized spacial score (nSPS) is 13.1. The molecule has 0 aliphatic rings. The second kappa shape index (κ2) is 6.19. The highest BCUT2D eigenvalue weighted by Gasteiger charge is 2.12. The summed E-state index contributed by atoms with van der Waals surface area (Å²) in [6.45, 7) is 13.1. The lowest BCUT2D eigenvalue weighted by molar-refractivity contribution is 0.516. The summed E-state index contributed by atoms with van der Waals surface area (Å²) in [5.74, 6) is 0. The van der Waals surface area contributed by atoms with Crippen LogP contribution in [0.3, 0.4) is 0 Å². The average Bonchev–Trinajstić information content (AvgIpc) is 2.27. The fraction of sp³-hybridized carbons (Fsp3) is 0.667. The minimum atomic E-state index is 0.151. The fourth-order valence-electron chi connectivity index (χ4n) is 2.22. The van der Waals surface area contributed by atoms with Crippen LogP contribution in [0.2, 0.25) is 0 Å². The third-order valence-electron chi connectivity index (χ3n) is 3.51. The number of rotatable bonds is 5. The number of hydrogen-bond donors (Lipinski definition) is 1. The molecule has 1 N–H and O–H groups in total. The molecule has 1 heterocycles. The summed E-state index contributed by atoms with van der Waals surface area (Å²) in [7, 11) is 0. The van der Waals surface area contributed by atoms with E-state index in [1.807, 2.05) is 18.4 Å². The zero-order valence-corrected chi connectivity index (χ0v) is 12.5. The Bertz CT molecular complexity index is 460. The number of hydrogen-bond acceptors (Lipinski definition) is 2. The highest BCUT2D eigenvalue weighted by molar-refractivity contribution is 5.26. The predicted molar refractivity (Wildman–Crippen MR) is 77.2 cm³/mol. The van der Waals surface area contributed by atoms with Crippen LogP contribution in [-0.4, -0.2) is 10.6 Å². The van der Waals surface area contributed by atoms with E-state index in [9.17, 15) is 4.79 Å². The second-order valence-corrected chi connectivity index (χ2v) is 5.41. The van der Waals surface area contributed by atoms with Gasteiger partial charge in [0.2, 0.25) is 0 Å². The van der Waals surface area contributed by atoms with Crippen molar-refractivity contribution >= 4 is 0 Å². The van der Waals surface area contributed by atoms with E-state index >= 15 is 0 Å². The summed E-state index contributed by atoms with van der Waals surface area (Å²) < 4.78 is 1.88. The molecule has 1 aromatic heterocycles. The van der Waals surface area contributed by atoms with Gasteiger partial charge in [0.25, 0.3) is 5.56 Å². The Balaban J connectivity index is 3.12. The zero-order chi connectivity index (χ0) is 13.9. The van der Waals surface area contributed by atoms with Gasteiger partial charge in [0.15, 0.2) is 0 Å². The van der Waals surface area contributed by atoms with Gasteiger partial charge in [-0.3, -0.25) is 4.79 Å². The van der Waals surface area contributed by atoms with Gasteiger partial charge in [-0.15, -0.1) is 0 Å². The molecule has 0 spiro atoms. The van der Waals surface area contributed by atoms with E-state index in [2.05, 4.69) is 39.1 Å². The van der Waals surface area contributed by atoms with E-state index < -0.39 is 0 Å². The van der Waals surface area contributed by atoms with Crippen LogP contribution >= 0.6 is 0 Å². The van der Waals surface area contributed by atoms with E-state index in [4.69, 9.17) is 0 Å². The molecule has 0 fully saturated rings. The average molecular weight is 250 g/mol. The lowest BCUT2D eigenvalue weighted by Gasteiger charge is -2.19. The molecule has 0 aliphatic carbocycles. The Morgan fingerprint density at radius 2 is 1.89 bits per heavy atom. The lowest BCUT2D eigenvalue weighted by atomic mass is 10.1. The van der Waals surface area contributed by atoms with Gasteiger partial charge in [-0.05, 0) is 52.7 Å². The Morgan fingerprint density at radius 3 is 2.39 bits per heavy atom. The van der Waals surface area contributed by atoms with Crippen LogP contribution < -0.4 is 10.9 Å². The number of aromatic nitrogens is 1. The highest BCUT2D eigenvalue weighted by Crippen LogP contribution is 2.11. The van der Waals surface area contributed by atoms with E-state index in [1.165, 1.54) is 0 Å². The van der Waals surface area contributed by atoms with Crippen molar-refractivity contribution in [2.24, 2.45) is 0 Å². The number of pyridine rings is 1. The molecule has 0 bridgehead atoms. The van der Waals surface area contributed by atoms with Crippen molar-refractivity contribution in [3.8, 4) is 0 Å². The van der Waals surface area contributed by atoms with Crippen molar-refractivity contribution in [2.45, 2.75) is 66.6 Å². The van der Waals surface area contributed by atoms with Gasteiger partial charge in [-0.25, -0.2) is 0 Å². The van der Waals surface area contributed by atoms with Crippen LogP contribution in [0.1, 0.15) is 57.0 Å². The van der Waals surface area contributed by atoms with Gasteiger partial charge in [0, 0.05) is 29.9 Å². The van der Waals surface area contributed by atoms with Gasteiger partial charge < -0.3 is 9.88 Å². The first kappa shape index (κ1) is 15.0. The van der Waals surface area contributed by atoms with Gasteiger partial charge in [0.1, 0.15) is 0 Å². The molecule has 1 aromatic rings. The summed E-state index contributed by atoms with van der Waals surface area (Å²) in [6.07, 6.45) is 1.07. The summed E-state index contributed by atoms with van der Waals surface area (Å²) in [5.41, 5.74) is 3.18. The Morgan fingerprint density at radius 1 is 1.28 bits per heavy atom. The first-order valence-electron chi connectivity index (χ1n) is 6.83. The Hall–Kier alpha value is -1.09. The summed E-state index contributed by atoms with van der Waals surface area (Å²) >= 11 is 0. The first-order valence-corrected chi connectivity index (χ1v) is 6.83. The van der Waals surface area contributed by atoms with Crippen molar-refractivity contribution in [3.05, 3.63) is 33.2 Å². The molecule has 0 saturated carbocycles. The fourth-order valence-corrected chi connectivity index (χ4v) is 2.22. The maximum absolute atomic E-state index is 12.5. The molecule has 0 radical (unpaired) electrons. The van der Waals surface area contributed by atoms with Crippen LogP contribution in [0, 0.1) is 13.8 Å². The molecule has 18 heavy (non-hydrogen) atoms. The standard InChI is InChI=1S/C15H26N2O/c1-7-12(5)16-9-14-11(4)8-13(6)17(10(2)3)15(14)18/h8,10,12,16H,7,9H2,1-6H3. The van der Waals surface area contributed by atoms with E-state index in [0.29, 0.717) is 12.6 Å². The number of nitrogens with zero attached hydrogens (tertiary/aromatic N) is 1. The largest absolute Gasteiger partial charge is 0.310 e. The Labute approximate surface area is 110 Å². The molecular weight excluding hydrogens is 224 g/mol. The molecule has 0 aromatic carbocycles. The molecule has 0 amide bonds. The van der Waals surface area contributed by atoms with Crippen molar-refractivity contribution in [2.75, 3.05) is 0 Å². The SMILES string of the molecule is CCC(C)NCc1c(C)cc(C)n(C(C)C)c1=O. The second-order valence-electron chi connectivity index (χ2n) is 5.41. The van der Waals surface area contributed by atoms with E-state index in [-0.39, 0.29) is 11.6 Å². The van der Waals surface area contributed by atoms with Gasteiger partial charge in [-0.2, -0.15) is 0 Å². The van der Waals surface area contributed by atoms with Gasteiger partial charge >= 0.3 is 0 Å². The molecule has 1 atom stereocenters. The van der Waals surface area contributed by atoms with Crippen molar-refractivity contribution in [1.29, 1.82) is 0 Å². The molecule has 0 aliphatic heterocycles. The van der Waals surface area contributed by atoms with Crippen molar-refractivity contribution in [1.82, 2.24) is 9.88 Å². The van der Waals surface area contributed by atoms with Crippen LogP contribution in [0.15, 0.2) is 10.9 Å². The summed E-state index contributed by atoms with van der Waals surface area (Å²) in [5, 5.41) is 3.40. The highest BCUT2D eigenvalue weighted by atomic mass is 16.1. The van der Waals surface area contributed by atoms with Gasteiger partial charge in [-0.1, -0.05) is 6.92 Å². The molecule has 3 heteroatoms. The zero-order valence-electron chi connectivity index (χ0n) is 12.5. The lowest BCUT2D eigenvalue weighted by Crippen LogP contribution is -2.33. The first-order chi connectivity index (χ1) is 8.38. The molecule has 102 valence electrons. The minimum Gasteiger partial charge on any atom is -0.310 e. The molecular formula is C15H26N2O. The van der Waals surface area contributed by atoms with E-state index in [0.717, 1.165) is 23.2 Å². The van der Waals surface area contributed by atoms with E-state index in [1.54, 1.807) is 0 Å². The Kier molecular flexibility index (Phi) is 5.15. The number of aryl methyl sites for hydroxylation is 2. The van der Waals surface area contributed by atoms with Crippen LogP contribution in [0.4, 0.5) is 0 Å². The summed E-state index contributed by atoms with van der Waals surface area (Å²) in [4.78, 5) is 12.5. The topological polar surface area (TPSA) is 34.0 Å². The molecule has 1 unspecified atom stereocenters. The van der Waals surface area contributed by atoms with Crippen molar-refractivity contribution < 1.29 is 0 Å². The minimum absolute atomic E-state index is 0.151. The van der Waals surface area contributed by atoms with Gasteiger partial charge in [0.05, 0.1) is 0 Å². The predicted octanol–water partition coefficient (Wildman–Crippen LogP) is 2.93. The summed E-state index contributed by atoms with van der Waals surface area (Å²) in [6, 6.07) is 2.76. The smallest absolute Gasteiger partial charge is 0.255 e. The third-order valence-corrected chi connectivity index (χ3v) is 3.51. The molecule has 1 rings (SSSR count). The van der Waals surface area contributed by atoms with Crippen LogP contribution in [-0.2, 0) is 6.54 Å². The molecule has 0 saturated heterocycles. The molecule has 3 nitrogen and oxygen atoms in total. The third kappa shape index (κ3) is 3.22. The van der Waals surface area contributed by atoms with Crippen LogP contribution in [0.25, 0.3) is 0 Å². The van der Waals surface area contributed by atoms with Crippen molar-refractivity contribution in [3.63, 3.8) is 0 Å². The van der Waals surface area contributed by atoms with Crippen LogP contribution in [0.5, 0.6) is 0 Å². The maximum Gasteiger partial charge on any atom is 0.255 e. The monoisotopic (exact) mass is 250 g/mol. The number of nitrogens with one attached hydrogen (secondary N) is 1. The quantitative estimate of drug-likeness (QED) is 0.872.